The van der Waals surface area contributed by atoms with E-state index in [1.165, 1.54) is 31.2 Å². The first-order chi connectivity index (χ1) is 17.9. The van der Waals surface area contributed by atoms with Crippen LogP contribution in [0.1, 0.15) is 51.3 Å². The topological polar surface area (TPSA) is 77.5 Å². The zero-order valence-corrected chi connectivity index (χ0v) is 22.3. The van der Waals surface area contributed by atoms with Crippen LogP contribution in [0.2, 0.25) is 10.0 Å². The van der Waals surface area contributed by atoms with Gasteiger partial charge in [-0.1, -0.05) is 59.6 Å². The predicted molar refractivity (Wildman–Crippen MR) is 144 cm³/mol. The Morgan fingerprint density at radius 3 is 2.41 bits per heavy atom. The Bertz CT molecular complexity index is 1230. The Morgan fingerprint density at radius 2 is 1.68 bits per heavy atom. The molecule has 0 aliphatic heterocycles. The van der Waals surface area contributed by atoms with E-state index in [1.54, 1.807) is 18.2 Å². The van der Waals surface area contributed by atoms with Gasteiger partial charge in [-0.25, -0.2) is 4.79 Å². The molecule has 6 nitrogen and oxygen atoms in total. The van der Waals surface area contributed by atoms with Crippen molar-refractivity contribution in [2.24, 2.45) is 0 Å². The van der Waals surface area contributed by atoms with Gasteiger partial charge >= 0.3 is 5.97 Å². The number of hydrogen-bond donors (Lipinski definition) is 1. The standard InChI is InChI=1S/C29H30Cl2N2O4/c1-36-29(35)26(33-28(34)27-23(30)6-4-7-24(27)31)17-19-9-11-20(12-10-19)18-37-16-15-22-14-13-21-5-2-3-8-25(21)32-22/h4,6-7,9-14,26H,2-3,5,8,15-18H2,1H3,(H,33,34)/t26-/m0/s1. The zero-order valence-electron chi connectivity index (χ0n) is 20.8. The number of methoxy groups -OCH3 is 1. The van der Waals surface area contributed by atoms with Gasteiger partial charge in [0.1, 0.15) is 6.04 Å². The molecule has 1 aliphatic carbocycles. The minimum absolute atomic E-state index is 0.123. The summed E-state index contributed by atoms with van der Waals surface area (Å²) < 4.78 is 10.8. The van der Waals surface area contributed by atoms with E-state index in [9.17, 15) is 9.59 Å². The highest BCUT2D eigenvalue weighted by Gasteiger charge is 2.25. The van der Waals surface area contributed by atoms with Crippen molar-refractivity contribution in [3.05, 3.63) is 98.3 Å². The molecule has 0 saturated carbocycles. The lowest BCUT2D eigenvalue weighted by atomic mass is 9.96. The van der Waals surface area contributed by atoms with E-state index in [4.69, 9.17) is 37.7 Å². The molecular weight excluding hydrogens is 511 g/mol. The summed E-state index contributed by atoms with van der Waals surface area (Å²) in [7, 11) is 1.28. The van der Waals surface area contributed by atoms with Gasteiger partial charge in [-0.2, -0.15) is 0 Å². The molecular formula is C29H30Cl2N2O4. The van der Waals surface area contributed by atoms with Crippen molar-refractivity contribution < 1.29 is 19.1 Å². The van der Waals surface area contributed by atoms with Crippen molar-refractivity contribution in [3.8, 4) is 0 Å². The number of nitrogens with one attached hydrogen (secondary N) is 1. The summed E-state index contributed by atoms with van der Waals surface area (Å²) in [6.45, 7) is 1.07. The normalized spacial score (nSPS) is 13.5. The predicted octanol–water partition coefficient (Wildman–Crippen LogP) is 5.54. The van der Waals surface area contributed by atoms with Gasteiger partial charge < -0.3 is 14.8 Å². The van der Waals surface area contributed by atoms with E-state index in [-0.39, 0.29) is 22.0 Å². The summed E-state index contributed by atoms with van der Waals surface area (Å²) in [6, 6.07) is 15.9. The lowest BCUT2D eigenvalue weighted by Gasteiger charge is -2.18. The van der Waals surface area contributed by atoms with Crippen LogP contribution in [0.3, 0.4) is 0 Å². The Hall–Kier alpha value is -2.93. The Labute approximate surface area is 227 Å². The second kappa shape index (κ2) is 13.0. The third kappa shape index (κ3) is 7.31. The van der Waals surface area contributed by atoms with Gasteiger partial charge in [0.05, 0.1) is 35.9 Å². The number of hydrogen-bond acceptors (Lipinski definition) is 5. The maximum absolute atomic E-state index is 12.8. The number of fused-ring (bicyclic) bond motifs is 1. The molecule has 1 N–H and O–H groups in total. The van der Waals surface area contributed by atoms with Crippen LogP contribution in [0.4, 0.5) is 0 Å². The number of benzene rings is 2. The second-order valence-electron chi connectivity index (χ2n) is 9.08. The van der Waals surface area contributed by atoms with E-state index in [0.717, 1.165) is 36.1 Å². The molecule has 37 heavy (non-hydrogen) atoms. The molecule has 2 aromatic carbocycles. The van der Waals surface area contributed by atoms with Gasteiger partial charge in [0.2, 0.25) is 0 Å². The highest BCUT2D eigenvalue weighted by Crippen LogP contribution is 2.24. The van der Waals surface area contributed by atoms with Crippen LogP contribution in [0, 0.1) is 0 Å². The first kappa shape index (κ1) is 27.1. The second-order valence-corrected chi connectivity index (χ2v) is 9.90. The molecule has 4 rings (SSSR count). The molecule has 1 heterocycles. The van der Waals surface area contributed by atoms with Crippen molar-refractivity contribution in [1.82, 2.24) is 10.3 Å². The molecule has 0 radical (unpaired) electrons. The van der Waals surface area contributed by atoms with Gasteiger partial charge in [-0.05, 0) is 60.6 Å². The molecule has 1 aromatic heterocycles. The van der Waals surface area contributed by atoms with Crippen LogP contribution in [-0.2, 0) is 46.6 Å². The average molecular weight is 541 g/mol. The van der Waals surface area contributed by atoms with E-state index in [1.807, 2.05) is 24.3 Å². The lowest BCUT2D eigenvalue weighted by molar-refractivity contribution is -0.142. The largest absolute Gasteiger partial charge is 0.467 e. The number of nitrogens with zero attached hydrogens (tertiary/aromatic N) is 1. The minimum Gasteiger partial charge on any atom is -0.467 e. The van der Waals surface area contributed by atoms with Crippen LogP contribution >= 0.6 is 23.2 Å². The summed E-state index contributed by atoms with van der Waals surface area (Å²) in [5.41, 5.74) is 5.71. The van der Waals surface area contributed by atoms with Crippen molar-refractivity contribution in [2.75, 3.05) is 13.7 Å². The fraction of sp³-hybridized carbons (Fsp3) is 0.345. The molecule has 0 bridgehead atoms. The fourth-order valence-electron chi connectivity index (χ4n) is 4.42. The zero-order chi connectivity index (χ0) is 26.2. The molecule has 1 amide bonds. The number of amides is 1. The van der Waals surface area contributed by atoms with Crippen molar-refractivity contribution >= 4 is 35.1 Å². The first-order valence-corrected chi connectivity index (χ1v) is 13.2. The third-order valence-electron chi connectivity index (χ3n) is 6.45. The van der Waals surface area contributed by atoms with E-state index < -0.39 is 17.9 Å². The molecule has 3 aromatic rings. The highest BCUT2D eigenvalue weighted by molar-refractivity contribution is 6.39. The lowest BCUT2D eigenvalue weighted by Crippen LogP contribution is -2.43. The number of aryl methyl sites for hydroxylation is 2. The van der Waals surface area contributed by atoms with Crippen molar-refractivity contribution in [2.45, 2.75) is 51.2 Å². The summed E-state index contributed by atoms with van der Waals surface area (Å²) in [5.74, 6) is -1.09. The van der Waals surface area contributed by atoms with Crippen LogP contribution in [0.15, 0.2) is 54.6 Å². The summed E-state index contributed by atoms with van der Waals surface area (Å²) in [4.78, 5) is 29.9. The number of ether oxygens (including phenoxy) is 2. The molecule has 8 heteroatoms. The highest BCUT2D eigenvalue weighted by atomic mass is 35.5. The number of rotatable bonds is 10. The molecule has 1 aliphatic rings. The van der Waals surface area contributed by atoms with E-state index in [0.29, 0.717) is 13.2 Å². The summed E-state index contributed by atoms with van der Waals surface area (Å²) >= 11 is 12.3. The van der Waals surface area contributed by atoms with E-state index in [2.05, 4.69) is 17.4 Å². The quantitative estimate of drug-likeness (QED) is 0.270. The number of carbonyl (C=O) groups excluding carboxylic acids is 2. The maximum Gasteiger partial charge on any atom is 0.328 e. The Balaban J connectivity index is 1.29. The number of halogens is 2. The van der Waals surface area contributed by atoms with Crippen LogP contribution in [-0.4, -0.2) is 36.6 Å². The van der Waals surface area contributed by atoms with Gasteiger partial charge in [-0.3, -0.25) is 9.78 Å². The van der Waals surface area contributed by atoms with Gasteiger partial charge in [-0.15, -0.1) is 0 Å². The number of aromatic nitrogens is 1. The molecule has 0 saturated heterocycles. The Kier molecular flexibility index (Phi) is 9.56. The summed E-state index contributed by atoms with van der Waals surface area (Å²) in [5, 5.41) is 3.11. The Morgan fingerprint density at radius 1 is 0.973 bits per heavy atom. The summed E-state index contributed by atoms with van der Waals surface area (Å²) in [6.07, 6.45) is 5.72. The minimum atomic E-state index is -0.893. The van der Waals surface area contributed by atoms with Gasteiger partial charge in [0.15, 0.2) is 0 Å². The smallest absolute Gasteiger partial charge is 0.328 e. The first-order valence-electron chi connectivity index (χ1n) is 12.4. The maximum atomic E-state index is 12.8. The van der Waals surface area contributed by atoms with Crippen LogP contribution < -0.4 is 5.32 Å². The number of carbonyl (C=O) groups is 2. The average Bonchev–Trinajstić information content (AvgIpc) is 2.91. The monoisotopic (exact) mass is 540 g/mol. The van der Waals surface area contributed by atoms with Crippen molar-refractivity contribution in [1.29, 1.82) is 0 Å². The van der Waals surface area contributed by atoms with Gasteiger partial charge in [0, 0.05) is 24.2 Å². The van der Waals surface area contributed by atoms with E-state index >= 15 is 0 Å². The fourth-order valence-corrected chi connectivity index (χ4v) is 4.99. The molecule has 194 valence electrons. The van der Waals surface area contributed by atoms with Crippen LogP contribution in [0.25, 0.3) is 0 Å². The van der Waals surface area contributed by atoms with Gasteiger partial charge in [0.25, 0.3) is 5.91 Å². The number of esters is 1. The molecule has 1 atom stereocenters. The molecule has 0 spiro atoms. The molecule has 0 unspecified atom stereocenters. The third-order valence-corrected chi connectivity index (χ3v) is 7.08. The SMILES string of the molecule is COC(=O)[C@H](Cc1ccc(COCCc2ccc3c(n2)CCCC3)cc1)NC(=O)c1c(Cl)cccc1Cl. The van der Waals surface area contributed by atoms with Crippen LogP contribution in [0.5, 0.6) is 0 Å². The van der Waals surface area contributed by atoms with Crippen molar-refractivity contribution in [3.63, 3.8) is 0 Å². The molecule has 0 fully saturated rings. The number of pyridine rings is 1.